The van der Waals surface area contributed by atoms with Gasteiger partial charge in [0.05, 0.1) is 7.11 Å². The molecule has 25 heavy (non-hydrogen) atoms. The van der Waals surface area contributed by atoms with Crippen LogP contribution < -0.4 is 14.2 Å². The van der Waals surface area contributed by atoms with E-state index in [0.29, 0.717) is 0 Å². The number of benzene rings is 1. The van der Waals surface area contributed by atoms with E-state index < -0.39 is 11.9 Å². The van der Waals surface area contributed by atoms with Crippen LogP contribution in [0.4, 0.5) is 0 Å². The van der Waals surface area contributed by atoms with Crippen molar-refractivity contribution in [2.45, 2.75) is 6.54 Å². The summed E-state index contributed by atoms with van der Waals surface area (Å²) in [5, 5.41) is 14.8. The molecule has 0 bridgehead atoms. The smallest absolute Gasteiger partial charge is 0.414 e. The summed E-state index contributed by atoms with van der Waals surface area (Å²) >= 11 is 0. The molecule has 0 spiro atoms. The number of carboxylic acid groups (broad SMARTS) is 2. The SMILES string of the molecule is COc1cc(CN2CCN(C)CC2)cc2c1OCO2.O=C(O)C(=O)O. The Bertz CT molecular complexity index is 615. The van der Waals surface area contributed by atoms with Crippen LogP contribution in [0.15, 0.2) is 12.1 Å². The molecule has 9 heteroatoms. The summed E-state index contributed by atoms with van der Waals surface area (Å²) in [5.41, 5.74) is 1.21. The molecule has 1 aromatic carbocycles. The Kier molecular flexibility index (Phi) is 6.43. The number of methoxy groups -OCH3 is 1. The maximum Gasteiger partial charge on any atom is 0.414 e. The lowest BCUT2D eigenvalue weighted by atomic mass is 10.1. The molecule has 1 saturated heterocycles. The fourth-order valence-corrected chi connectivity index (χ4v) is 2.54. The molecule has 0 aliphatic carbocycles. The van der Waals surface area contributed by atoms with E-state index in [1.165, 1.54) is 5.56 Å². The minimum Gasteiger partial charge on any atom is -0.493 e. The number of piperazine rings is 1. The first-order valence-corrected chi connectivity index (χ1v) is 7.74. The van der Waals surface area contributed by atoms with E-state index in [0.717, 1.165) is 50.0 Å². The minimum absolute atomic E-state index is 0.281. The van der Waals surface area contributed by atoms with Crippen molar-refractivity contribution in [2.24, 2.45) is 0 Å². The van der Waals surface area contributed by atoms with Crippen molar-refractivity contribution in [3.8, 4) is 17.2 Å². The second-order valence-electron chi connectivity index (χ2n) is 5.72. The molecule has 0 unspecified atom stereocenters. The number of carbonyl (C=O) groups is 2. The molecule has 1 aromatic rings. The third-order valence-electron chi connectivity index (χ3n) is 3.90. The summed E-state index contributed by atoms with van der Waals surface area (Å²) in [6, 6.07) is 4.11. The van der Waals surface area contributed by atoms with E-state index in [-0.39, 0.29) is 6.79 Å². The van der Waals surface area contributed by atoms with Crippen LogP contribution in [0.25, 0.3) is 0 Å². The molecule has 0 aromatic heterocycles. The lowest BCUT2D eigenvalue weighted by Gasteiger charge is -2.32. The molecule has 2 aliphatic rings. The Morgan fingerprint density at radius 2 is 1.76 bits per heavy atom. The van der Waals surface area contributed by atoms with Crippen LogP contribution in [0.2, 0.25) is 0 Å². The number of hydrogen-bond acceptors (Lipinski definition) is 7. The standard InChI is InChI=1S/C14H20N2O3.C2H2O4/c1-15-3-5-16(6-4-15)9-11-7-12(17-2)14-13(8-11)18-10-19-14;3-1(4)2(5)6/h7-8H,3-6,9-10H2,1-2H3;(H,3,4)(H,5,6). The van der Waals surface area contributed by atoms with Crippen LogP contribution in [0.3, 0.4) is 0 Å². The van der Waals surface area contributed by atoms with E-state index in [4.69, 9.17) is 34.0 Å². The van der Waals surface area contributed by atoms with Gasteiger partial charge in [-0.05, 0) is 24.7 Å². The molecule has 2 heterocycles. The number of nitrogens with zero attached hydrogens (tertiary/aromatic N) is 2. The van der Waals surface area contributed by atoms with Gasteiger partial charge in [-0.3, -0.25) is 4.90 Å². The second kappa shape index (κ2) is 8.54. The van der Waals surface area contributed by atoms with Crippen molar-refractivity contribution in [3.63, 3.8) is 0 Å². The molecule has 2 N–H and O–H groups in total. The highest BCUT2D eigenvalue weighted by Crippen LogP contribution is 2.42. The van der Waals surface area contributed by atoms with Crippen LogP contribution in [-0.2, 0) is 16.1 Å². The number of aliphatic carboxylic acids is 2. The largest absolute Gasteiger partial charge is 0.493 e. The zero-order valence-electron chi connectivity index (χ0n) is 14.2. The van der Waals surface area contributed by atoms with Gasteiger partial charge in [-0.15, -0.1) is 0 Å². The van der Waals surface area contributed by atoms with Crippen molar-refractivity contribution >= 4 is 11.9 Å². The van der Waals surface area contributed by atoms with Gasteiger partial charge in [-0.1, -0.05) is 0 Å². The van der Waals surface area contributed by atoms with Crippen molar-refractivity contribution in [1.82, 2.24) is 9.80 Å². The van der Waals surface area contributed by atoms with Crippen molar-refractivity contribution in [3.05, 3.63) is 17.7 Å². The van der Waals surface area contributed by atoms with Crippen LogP contribution in [0, 0.1) is 0 Å². The van der Waals surface area contributed by atoms with Gasteiger partial charge in [-0.2, -0.15) is 0 Å². The second-order valence-corrected chi connectivity index (χ2v) is 5.72. The topological polar surface area (TPSA) is 109 Å². The van der Waals surface area contributed by atoms with Gasteiger partial charge in [0, 0.05) is 32.7 Å². The molecule has 0 radical (unpaired) electrons. The normalized spacial score (nSPS) is 16.7. The van der Waals surface area contributed by atoms with Crippen molar-refractivity contribution in [2.75, 3.05) is 47.1 Å². The van der Waals surface area contributed by atoms with Crippen LogP contribution >= 0.6 is 0 Å². The molecule has 0 amide bonds. The quantitative estimate of drug-likeness (QED) is 0.742. The lowest BCUT2D eigenvalue weighted by molar-refractivity contribution is -0.159. The summed E-state index contributed by atoms with van der Waals surface area (Å²) in [5.74, 6) is -1.36. The first kappa shape index (κ1) is 18.8. The molecule has 0 saturated carbocycles. The van der Waals surface area contributed by atoms with Gasteiger partial charge in [-0.25, -0.2) is 9.59 Å². The van der Waals surface area contributed by atoms with Crippen molar-refractivity contribution in [1.29, 1.82) is 0 Å². The van der Waals surface area contributed by atoms with E-state index >= 15 is 0 Å². The summed E-state index contributed by atoms with van der Waals surface area (Å²) in [6.45, 7) is 5.67. The molecule has 9 nitrogen and oxygen atoms in total. The predicted octanol–water partition coefficient (Wildman–Crippen LogP) is 0.327. The third-order valence-corrected chi connectivity index (χ3v) is 3.90. The highest BCUT2D eigenvalue weighted by Gasteiger charge is 2.21. The number of hydrogen-bond donors (Lipinski definition) is 2. The summed E-state index contributed by atoms with van der Waals surface area (Å²) in [6.07, 6.45) is 0. The fourth-order valence-electron chi connectivity index (χ4n) is 2.54. The highest BCUT2D eigenvalue weighted by atomic mass is 16.7. The zero-order chi connectivity index (χ0) is 18.4. The van der Waals surface area contributed by atoms with Gasteiger partial charge in [0.2, 0.25) is 12.5 Å². The highest BCUT2D eigenvalue weighted by molar-refractivity contribution is 6.27. The van der Waals surface area contributed by atoms with E-state index in [2.05, 4.69) is 22.9 Å². The maximum absolute atomic E-state index is 9.10. The molecule has 2 aliphatic heterocycles. The maximum atomic E-state index is 9.10. The first-order chi connectivity index (χ1) is 11.9. The number of ether oxygens (including phenoxy) is 3. The Morgan fingerprint density at radius 1 is 1.12 bits per heavy atom. The molecular weight excluding hydrogens is 332 g/mol. The van der Waals surface area contributed by atoms with E-state index in [1.807, 2.05) is 6.07 Å². The number of fused-ring (bicyclic) bond motifs is 1. The van der Waals surface area contributed by atoms with E-state index in [9.17, 15) is 0 Å². The Labute approximate surface area is 145 Å². The van der Waals surface area contributed by atoms with Gasteiger partial charge < -0.3 is 29.3 Å². The molecule has 0 atom stereocenters. The Morgan fingerprint density at radius 3 is 2.32 bits per heavy atom. The average molecular weight is 354 g/mol. The lowest BCUT2D eigenvalue weighted by Crippen LogP contribution is -2.43. The molecule has 1 fully saturated rings. The van der Waals surface area contributed by atoms with Gasteiger partial charge in [0.15, 0.2) is 11.5 Å². The summed E-state index contributed by atoms with van der Waals surface area (Å²) < 4.78 is 16.2. The predicted molar refractivity (Wildman–Crippen MR) is 87.2 cm³/mol. The number of rotatable bonds is 3. The molecular formula is C16H22N2O7. The average Bonchev–Trinajstić information content (AvgIpc) is 3.05. The van der Waals surface area contributed by atoms with Crippen molar-refractivity contribution < 1.29 is 34.0 Å². The first-order valence-electron chi connectivity index (χ1n) is 7.74. The molecule has 138 valence electrons. The monoisotopic (exact) mass is 354 g/mol. The number of likely N-dealkylation sites (N-methyl/N-ethyl adjacent to an activating group) is 1. The fraction of sp³-hybridized carbons (Fsp3) is 0.500. The molecule has 3 rings (SSSR count). The van der Waals surface area contributed by atoms with E-state index in [1.54, 1.807) is 7.11 Å². The number of carboxylic acids is 2. The van der Waals surface area contributed by atoms with Crippen LogP contribution in [0.5, 0.6) is 17.2 Å². The Balaban J connectivity index is 0.000000326. The van der Waals surface area contributed by atoms with Gasteiger partial charge >= 0.3 is 11.9 Å². The minimum atomic E-state index is -1.82. The third kappa shape index (κ3) is 5.23. The Hall–Kier alpha value is -2.52. The van der Waals surface area contributed by atoms with Gasteiger partial charge in [0.1, 0.15) is 0 Å². The van der Waals surface area contributed by atoms with Gasteiger partial charge in [0.25, 0.3) is 0 Å². The summed E-state index contributed by atoms with van der Waals surface area (Å²) in [4.78, 5) is 23.0. The summed E-state index contributed by atoms with van der Waals surface area (Å²) in [7, 11) is 3.83. The van der Waals surface area contributed by atoms with Crippen LogP contribution in [-0.4, -0.2) is 79.1 Å². The zero-order valence-corrected chi connectivity index (χ0v) is 14.2. The van der Waals surface area contributed by atoms with Crippen LogP contribution in [0.1, 0.15) is 5.56 Å².